The van der Waals surface area contributed by atoms with Gasteiger partial charge in [0.2, 0.25) is 0 Å². The number of aromatic amines is 1. The number of halogens is 1. The van der Waals surface area contributed by atoms with Crippen molar-refractivity contribution in [3.63, 3.8) is 0 Å². The highest BCUT2D eigenvalue weighted by molar-refractivity contribution is 7.09. The van der Waals surface area contributed by atoms with Crippen LogP contribution in [0.1, 0.15) is 17.0 Å². The number of nitrogens with one attached hydrogen (secondary N) is 1. The van der Waals surface area contributed by atoms with Gasteiger partial charge in [-0.2, -0.15) is 14.7 Å². The van der Waals surface area contributed by atoms with E-state index in [0.29, 0.717) is 16.4 Å². The molecule has 0 saturated carbocycles. The molecule has 4 rings (SSSR count). The van der Waals surface area contributed by atoms with Gasteiger partial charge in [-0.3, -0.25) is 5.10 Å². The zero-order chi connectivity index (χ0) is 18.4. The third-order valence-corrected chi connectivity index (χ3v) is 5.52. The average Bonchev–Trinajstić information content (AvgIpc) is 3.22. The number of hydrogen-bond donors (Lipinski definition) is 2. The van der Waals surface area contributed by atoms with Gasteiger partial charge in [-0.05, 0) is 43.1 Å². The van der Waals surface area contributed by atoms with Crippen LogP contribution in [0.5, 0.6) is 0 Å². The fraction of sp³-hybridized carbons (Fsp3) is 0.118. The van der Waals surface area contributed by atoms with Crippen molar-refractivity contribution in [3.8, 4) is 27.9 Å². The zero-order valence-corrected chi connectivity index (χ0v) is 15.4. The maximum absolute atomic E-state index is 9.32. The van der Waals surface area contributed by atoms with Gasteiger partial charge in [0.1, 0.15) is 11.8 Å². The van der Waals surface area contributed by atoms with Crippen LogP contribution in [-0.4, -0.2) is 24.5 Å². The lowest BCUT2D eigenvalue weighted by atomic mass is 10.0. The van der Waals surface area contributed by atoms with Crippen LogP contribution in [0.25, 0.3) is 32.7 Å². The van der Waals surface area contributed by atoms with Crippen LogP contribution in [0.15, 0.2) is 18.3 Å². The van der Waals surface area contributed by atoms with Crippen LogP contribution in [0.3, 0.4) is 0 Å². The van der Waals surface area contributed by atoms with Crippen molar-refractivity contribution in [1.29, 1.82) is 5.26 Å². The molecule has 0 fully saturated rings. The number of fused-ring (bicyclic) bond motifs is 1. The summed E-state index contributed by atoms with van der Waals surface area (Å²) in [6.07, 6.45) is 1.68. The molecule has 1 aromatic carbocycles. The second kappa shape index (κ2) is 6.05. The lowest BCUT2D eigenvalue weighted by molar-refractivity contribution is 1.12. The minimum atomic E-state index is 0.0750. The van der Waals surface area contributed by atoms with E-state index in [9.17, 15) is 5.26 Å². The fourth-order valence-corrected chi connectivity index (χ4v) is 3.82. The first kappa shape index (κ1) is 16.4. The second-order valence-corrected chi connectivity index (χ2v) is 6.96. The third-order valence-electron chi connectivity index (χ3n) is 4.18. The summed E-state index contributed by atoms with van der Waals surface area (Å²) in [4.78, 5) is 9.79. The maximum Gasteiger partial charge on any atom is 0.183 e. The first-order valence-corrected chi connectivity index (χ1v) is 8.78. The Hall–Kier alpha value is -3.02. The highest BCUT2D eigenvalue weighted by atomic mass is 35.5. The molecule has 0 saturated heterocycles. The SMILES string of the molecule is Cc1nsc(-c2nc(N)c(C#N)nc2-c2cc(Cl)c3[nH]ncc3c2)c1C. The summed E-state index contributed by atoms with van der Waals surface area (Å²) in [5.41, 5.74) is 10.5. The predicted octanol–water partition coefficient (Wildman–Crippen LogP) is 3.87. The van der Waals surface area contributed by atoms with Gasteiger partial charge >= 0.3 is 0 Å². The Balaban J connectivity index is 2.05. The van der Waals surface area contributed by atoms with Gasteiger partial charge in [0.05, 0.1) is 33.0 Å². The highest BCUT2D eigenvalue weighted by Gasteiger charge is 2.20. The molecule has 0 aliphatic rings. The van der Waals surface area contributed by atoms with Gasteiger partial charge in [0.15, 0.2) is 11.5 Å². The largest absolute Gasteiger partial charge is 0.381 e. The molecule has 0 aliphatic carbocycles. The predicted molar refractivity (Wildman–Crippen MR) is 102 cm³/mol. The smallest absolute Gasteiger partial charge is 0.183 e. The van der Waals surface area contributed by atoms with E-state index in [0.717, 1.165) is 32.6 Å². The number of hydrogen-bond acceptors (Lipinski definition) is 7. The summed E-state index contributed by atoms with van der Waals surface area (Å²) in [5.74, 6) is 0.0900. The van der Waals surface area contributed by atoms with Crippen molar-refractivity contribution in [3.05, 3.63) is 40.3 Å². The van der Waals surface area contributed by atoms with Crippen LogP contribution < -0.4 is 5.73 Å². The number of nitrogen functional groups attached to an aromatic ring is 1. The van der Waals surface area contributed by atoms with Crippen molar-refractivity contribution < 1.29 is 0 Å². The van der Waals surface area contributed by atoms with E-state index in [1.54, 1.807) is 12.3 Å². The number of benzene rings is 1. The van der Waals surface area contributed by atoms with Crippen molar-refractivity contribution >= 4 is 39.9 Å². The monoisotopic (exact) mass is 381 g/mol. The molecule has 0 spiro atoms. The normalized spacial score (nSPS) is 11.0. The molecule has 9 heteroatoms. The number of nitrogens with zero attached hydrogens (tertiary/aromatic N) is 5. The molecule has 128 valence electrons. The van der Waals surface area contributed by atoms with E-state index < -0.39 is 0 Å². The van der Waals surface area contributed by atoms with Crippen molar-refractivity contribution in [2.45, 2.75) is 13.8 Å². The Morgan fingerprint density at radius 2 is 2.04 bits per heavy atom. The molecule has 0 amide bonds. The molecular weight excluding hydrogens is 370 g/mol. The molecule has 4 aromatic rings. The van der Waals surface area contributed by atoms with Gasteiger partial charge < -0.3 is 5.73 Å². The molecular formula is C17H12ClN7S. The number of rotatable bonds is 2. The molecule has 0 unspecified atom stereocenters. The van der Waals surface area contributed by atoms with Crippen LogP contribution >= 0.6 is 23.1 Å². The Morgan fingerprint density at radius 3 is 2.73 bits per heavy atom. The summed E-state index contributed by atoms with van der Waals surface area (Å²) < 4.78 is 4.39. The van der Waals surface area contributed by atoms with Crippen molar-refractivity contribution in [1.82, 2.24) is 24.5 Å². The zero-order valence-electron chi connectivity index (χ0n) is 13.8. The Bertz CT molecular complexity index is 1200. The quantitative estimate of drug-likeness (QED) is 0.544. The first-order chi connectivity index (χ1) is 12.5. The average molecular weight is 382 g/mol. The first-order valence-electron chi connectivity index (χ1n) is 7.63. The lowest BCUT2D eigenvalue weighted by Gasteiger charge is -2.10. The Kier molecular flexibility index (Phi) is 3.83. The van der Waals surface area contributed by atoms with E-state index in [-0.39, 0.29) is 11.5 Å². The molecule has 0 atom stereocenters. The molecule has 0 aliphatic heterocycles. The van der Waals surface area contributed by atoms with E-state index in [2.05, 4.69) is 24.5 Å². The van der Waals surface area contributed by atoms with Crippen LogP contribution in [-0.2, 0) is 0 Å². The summed E-state index contributed by atoms with van der Waals surface area (Å²) in [6.45, 7) is 3.91. The molecule has 0 bridgehead atoms. The topological polar surface area (TPSA) is 117 Å². The molecule has 3 N–H and O–H groups in total. The van der Waals surface area contributed by atoms with Crippen LogP contribution in [0.2, 0.25) is 5.02 Å². The third kappa shape index (κ3) is 2.49. The Morgan fingerprint density at radius 1 is 1.23 bits per heavy atom. The summed E-state index contributed by atoms with van der Waals surface area (Å²) >= 11 is 7.70. The van der Waals surface area contributed by atoms with Gasteiger partial charge in [0.25, 0.3) is 0 Å². The van der Waals surface area contributed by atoms with Gasteiger partial charge in [0, 0.05) is 10.9 Å². The van der Waals surface area contributed by atoms with Crippen molar-refractivity contribution in [2.24, 2.45) is 0 Å². The van der Waals surface area contributed by atoms with E-state index in [4.69, 9.17) is 17.3 Å². The minimum absolute atomic E-state index is 0.0750. The number of nitrogens with two attached hydrogens (primary N) is 1. The van der Waals surface area contributed by atoms with E-state index in [1.165, 1.54) is 11.5 Å². The molecule has 3 aromatic heterocycles. The molecule has 0 radical (unpaired) electrons. The highest BCUT2D eigenvalue weighted by Crippen LogP contribution is 2.38. The maximum atomic E-state index is 9.32. The van der Waals surface area contributed by atoms with E-state index in [1.807, 2.05) is 26.0 Å². The summed E-state index contributed by atoms with van der Waals surface area (Å²) in [5, 5.41) is 17.5. The Labute approximate surface area is 157 Å². The van der Waals surface area contributed by atoms with Crippen LogP contribution in [0, 0.1) is 25.2 Å². The van der Waals surface area contributed by atoms with Gasteiger partial charge in [-0.25, -0.2) is 9.97 Å². The van der Waals surface area contributed by atoms with E-state index >= 15 is 0 Å². The minimum Gasteiger partial charge on any atom is -0.381 e. The van der Waals surface area contributed by atoms with Gasteiger partial charge in [-0.15, -0.1) is 0 Å². The summed E-state index contributed by atoms with van der Waals surface area (Å²) in [6, 6.07) is 5.66. The second-order valence-electron chi connectivity index (χ2n) is 5.78. The lowest BCUT2D eigenvalue weighted by Crippen LogP contribution is -2.03. The summed E-state index contributed by atoms with van der Waals surface area (Å²) in [7, 11) is 0. The number of nitriles is 1. The molecule has 3 heterocycles. The fourth-order valence-electron chi connectivity index (χ4n) is 2.68. The molecule has 7 nitrogen and oxygen atoms in total. The number of aryl methyl sites for hydroxylation is 1. The van der Waals surface area contributed by atoms with Crippen molar-refractivity contribution in [2.75, 3.05) is 5.73 Å². The molecule has 26 heavy (non-hydrogen) atoms. The standard InChI is InChI=1S/C17H12ClN7S/c1-7-8(2)25-26-16(7)15-14(22-12(5-19)17(20)23-15)9-3-10-6-21-24-13(10)11(18)4-9/h3-4,6H,1-2H3,(H2,20,23)(H,21,24). The number of aromatic nitrogens is 5. The van der Waals surface area contributed by atoms with Gasteiger partial charge in [-0.1, -0.05) is 11.6 Å². The number of anilines is 1. The van der Waals surface area contributed by atoms with Crippen LogP contribution in [0.4, 0.5) is 5.82 Å². The number of H-pyrrole nitrogens is 1.